The molecule has 1 N–H and O–H groups in total. The molecular formula is C12H15NO3. The van der Waals surface area contributed by atoms with Gasteiger partial charge in [-0.2, -0.15) is 0 Å². The van der Waals surface area contributed by atoms with Crippen LogP contribution in [0.5, 0.6) is 0 Å². The van der Waals surface area contributed by atoms with Gasteiger partial charge in [0, 0.05) is 6.54 Å². The Morgan fingerprint density at radius 3 is 2.44 bits per heavy atom. The van der Waals surface area contributed by atoms with E-state index in [9.17, 15) is 9.59 Å². The van der Waals surface area contributed by atoms with E-state index >= 15 is 0 Å². The zero-order chi connectivity index (χ0) is 12.0. The van der Waals surface area contributed by atoms with Crippen molar-refractivity contribution in [2.24, 2.45) is 5.92 Å². The molecule has 0 aliphatic rings. The predicted octanol–water partition coefficient (Wildman–Crippen LogP) is 2.21. The van der Waals surface area contributed by atoms with Crippen molar-refractivity contribution >= 4 is 12.1 Å². The van der Waals surface area contributed by atoms with Crippen molar-refractivity contribution in [2.45, 2.75) is 13.8 Å². The van der Waals surface area contributed by atoms with Crippen molar-refractivity contribution in [1.82, 2.24) is 5.32 Å². The number of hydrogen-bond acceptors (Lipinski definition) is 3. The summed E-state index contributed by atoms with van der Waals surface area (Å²) < 4.78 is 4.60. The maximum atomic E-state index is 11.4. The van der Waals surface area contributed by atoms with E-state index in [-0.39, 0.29) is 0 Å². The van der Waals surface area contributed by atoms with E-state index in [1.165, 1.54) is 0 Å². The summed E-state index contributed by atoms with van der Waals surface area (Å²) in [7, 11) is 0. The topological polar surface area (TPSA) is 55.4 Å². The molecule has 4 nitrogen and oxygen atoms in total. The smallest absolute Gasteiger partial charge is 0.373 e. The van der Waals surface area contributed by atoms with Crippen LogP contribution in [0.15, 0.2) is 30.3 Å². The molecule has 0 fully saturated rings. The fourth-order valence-electron chi connectivity index (χ4n) is 1.04. The first-order valence-corrected chi connectivity index (χ1v) is 5.14. The Bertz CT molecular complexity index is 360. The average molecular weight is 221 g/mol. The van der Waals surface area contributed by atoms with Crippen LogP contribution in [0.3, 0.4) is 0 Å². The van der Waals surface area contributed by atoms with E-state index in [0.29, 0.717) is 18.0 Å². The third-order valence-corrected chi connectivity index (χ3v) is 1.85. The molecule has 1 aromatic rings. The summed E-state index contributed by atoms with van der Waals surface area (Å²) in [6.45, 7) is 4.40. The Morgan fingerprint density at radius 2 is 1.88 bits per heavy atom. The maximum Gasteiger partial charge on any atom is 0.415 e. The Labute approximate surface area is 94.6 Å². The number of ether oxygens (including phenoxy) is 1. The van der Waals surface area contributed by atoms with Gasteiger partial charge in [0.15, 0.2) is 0 Å². The Hall–Kier alpha value is -1.84. The zero-order valence-corrected chi connectivity index (χ0v) is 9.40. The number of amides is 1. The van der Waals surface area contributed by atoms with Gasteiger partial charge in [-0.25, -0.2) is 9.59 Å². The average Bonchev–Trinajstić information content (AvgIpc) is 2.27. The quantitative estimate of drug-likeness (QED) is 0.629. The molecule has 0 heterocycles. The van der Waals surface area contributed by atoms with E-state index < -0.39 is 12.1 Å². The summed E-state index contributed by atoms with van der Waals surface area (Å²) in [6.07, 6.45) is -0.706. The van der Waals surface area contributed by atoms with Crippen molar-refractivity contribution in [3.8, 4) is 0 Å². The summed E-state index contributed by atoms with van der Waals surface area (Å²) in [6, 6.07) is 8.40. The highest BCUT2D eigenvalue weighted by Crippen LogP contribution is 2.01. The van der Waals surface area contributed by atoms with Crippen molar-refractivity contribution < 1.29 is 14.3 Å². The van der Waals surface area contributed by atoms with Crippen molar-refractivity contribution in [1.29, 1.82) is 0 Å². The lowest BCUT2D eigenvalue weighted by Gasteiger charge is -2.07. The van der Waals surface area contributed by atoms with Crippen LogP contribution in [0.4, 0.5) is 4.79 Å². The molecule has 86 valence electrons. The van der Waals surface area contributed by atoms with Crippen molar-refractivity contribution in [3.63, 3.8) is 0 Å². The molecule has 1 aromatic carbocycles. The second-order valence-corrected chi connectivity index (χ2v) is 3.82. The van der Waals surface area contributed by atoms with Gasteiger partial charge in [-0.05, 0) is 18.1 Å². The van der Waals surface area contributed by atoms with Crippen LogP contribution < -0.4 is 5.32 Å². The number of carbonyl (C=O) groups excluding carboxylic acids is 2. The van der Waals surface area contributed by atoms with Gasteiger partial charge < -0.3 is 10.1 Å². The molecule has 0 bridgehead atoms. The summed E-state index contributed by atoms with van der Waals surface area (Å²) >= 11 is 0. The minimum Gasteiger partial charge on any atom is -0.373 e. The number of alkyl carbamates (subject to hydrolysis) is 1. The fraction of sp³-hybridized carbons (Fsp3) is 0.333. The van der Waals surface area contributed by atoms with Crippen molar-refractivity contribution in [3.05, 3.63) is 35.9 Å². The van der Waals surface area contributed by atoms with Crippen molar-refractivity contribution in [2.75, 3.05) is 6.54 Å². The molecule has 0 radical (unpaired) electrons. The number of hydrogen-bond donors (Lipinski definition) is 1. The first-order valence-electron chi connectivity index (χ1n) is 5.14. The number of rotatable bonds is 3. The number of esters is 1. The lowest BCUT2D eigenvalue weighted by atomic mass is 10.2. The zero-order valence-electron chi connectivity index (χ0n) is 9.40. The SMILES string of the molecule is CC(C)CNC(=O)OC(=O)c1ccccc1. The molecule has 0 aliphatic heterocycles. The van der Waals surface area contributed by atoms with Crippen LogP contribution in [0.25, 0.3) is 0 Å². The minimum absolute atomic E-state index is 0.319. The van der Waals surface area contributed by atoms with Gasteiger partial charge in [-0.15, -0.1) is 0 Å². The van der Waals surface area contributed by atoms with E-state index in [4.69, 9.17) is 0 Å². The minimum atomic E-state index is -0.706. The highest BCUT2D eigenvalue weighted by atomic mass is 16.6. The first kappa shape index (κ1) is 12.2. The van der Waals surface area contributed by atoms with Gasteiger partial charge in [0.25, 0.3) is 0 Å². The van der Waals surface area contributed by atoms with E-state index in [1.807, 2.05) is 13.8 Å². The number of nitrogens with one attached hydrogen (secondary N) is 1. The molecule has 0 unspecified atom stereocenters. The van der Waals surface area contributed by atoms with E-state index in [2.05, 4.69) is 10.1 Å². The second kappa shape index (κ2) is 5.90. The predicted molar refractivity (Wildman–Crippen MR) is 60.1 cm³/mol. The lowest BCUT2D eigenvalue weighted by molar-refractivity contribution is 0.0621. The third kappa shape index (κ3) is 4.13. The highest BCUT2D eigenvalue weighted by molar-refractivity contribution is 5.96. The summed E-state index contributed by atoms with van der Waals surface area (Å²) in [5, 5.41) is 2.50. The largest absolute Gasteiger partial charge is 0.415 e. The maximum absolute atomic E-state index is 11.4. The van der Waals surface area contributed by atoms with Gasteiger partial charge in [0.1, 0.15) is 0 Å². The Morgan fingerprint density at radius 1 is 1.25 bits per heavy atom. The second-order valence-electron chi connectivity index (χ2n) is 3.82. The Kier molecular flexibility index (Phi) is 4.51. The van der Waals surface area contributed by atoms with Crippen LogP contribution in [0.1, 0.15) is 24.2 Å². The highest BCUT2D eigenvalue weighted by Gasteiger charge is 2.11. The third-order valence-electron chi connectivity index (χ3n) is 1.85. The van der Waals surface area contributed by atoms with Crippen LogP contribution in [0, 0.1) is 5.92 Å². The summed E-state index contributed by atoms with van der Waals surface area (Å²) in [5.74, 6) is -0.318. The molecule has 1 rings (SSSR count). The summed E-state index contributed by atoms with van der Waals surface area (Å²) in [5.41, 5.74) is 0.363. The molecule has 4 heteroatoms. The molecule has 0 saturated heterocycles. The van der Waals surface area contributed by atoms with Crippen LogP contribution in [0.2, 0.25) is 0 Å². The molecule has 0 spiro atoms. The van der Waals surface area contributed by atoms with Crippen LogP contribution in [-0.2, 0) is 4.74 Å². The van der Waals surface area contributed by atoms with Gasteiger partial charge in [-0.3, -0.25) is 0 Å². The standard InChI is InChI=1S/C12H15NO3/c1-9(2)8-13-12(15)16-11(14)10-6-4-3-5-7-10/h3-7,9H,8H2,1-2H3,(H,13,15). The summed E-state index contributed by atoms with van der Waals surface area (Å²) in [4.78, 5) is 22.6. The van der Waals surface area contributed by atoms with Crippen LogP contribution >= 0.6 is 0 Å². The molecule has 0 aromatic heterocycles. The van der Waals surface area contributed by atoms with Gasteiger partial charge in [-0.1, -0.05) is 32.0 Å². The van der Waals surface area contributed by atoms with E-state index in [0.717, 1.165) is 0 Å². The molecule has 0 aliphatic carbocycles. The monoisotopic (exact) mass is 221 g/mol. The first-order chi connectivity index (χ1) is 7.59. The fourth-order valence-corrected chi connectivity index (χ4v) is 1.04. The molecule has 1 amide bonds. The number of benzene rings is 1. The molecular weight excluding hydrogens is 206 g/mol. The van der Waals surface area contributed by atoms with Crippen LogP contribution in [-0.4, -0.2) is 18.6 Å². The van der Waals surface area contributed by atoms with Gasteiger partial charge >= 0.3 is 12.1 Å². The van der Waals surface area contributed by atoms with E-state index in [1.54, 1.807) is 30.3 Å². The normalized spacial score (nSPS) is 9.94. The molecule has 0 atom stereocenters. The van der Waals surface area contributed by atoms with Gasteiger partial charge in [0.05, 0.1) is 5.56 Å². The molecule has 16 heavy (non-hydrogen) atoms. The van der Waals surface area contributed by atoms with Gasteiger partial charge in [0.2, 0.25) is 0 Å². The Balaban J connectivity index is 2.43. The lowest BCUT2D eigenvalue weighted by Crippen LogP contribution is -2.29. The molecule has 0 saturated carbocycles. The number of carbonyl (C=O) groups is 2.